The van der Waals surface area contributed by atoms with Gasteiger partial charge in [-0.3, -0.25) is 19.2 Å². The highest BCUT2D eigenvalue weighted by molar-refractivity contribution is 7.13. The molecule has 0 bridgehead atoms. The number of hydrogen-bond donors (Lipinski definition) is 7. The Morgan fingerprint density at radius 3 is 2.66 bits per heavy atom. The van der Waals surface area contributed by atoms with Crippen LogP contribution < -0.4 is 27.1 Å². The van der Waals surface area contributed by atoms with Crippen molar-refractivity contribution in [3.8, 4) is 5.75 Å². The van der Waals surface area contributed by atoms with Gasteiger partial charge in [-0.15, -0.1) is 11.3 Å². The first-order chi connectivity index (χ1) is 17.9. The molecule has 1 aliphatic rings. The quantitative estimate of drug-likeness (QED) is 0.0656. The van der Waals surface area contributed by atoms with E-state index in [1.54, 1.807) is 0 Å². The normalized spacial score (nSPS) is 17.2. The third-order valence-corrected chi connectivity index (χ3v) is 5.79. The minimum atomic E-state index is -1.76. The van der Waals surface area contributed by atoms with Gasteiger partial charge in [0.15, 0.2) is 16.6 Å². The topological polar surface area (TPSA) is 247 Å². The van der Waals surface area contributed by atoms with E-state index in [1.165, 1.54) is 25.3 Å². The lowest BCUT2D eigenvalue weighted by Crippen LogP contribution is -2.71. The molecule has 2 amide bonds. The van der Waals surface area contributed by atoms with E-state index < -0.39 is 58.3 Å². The molecule has 16 nitrogen and oxygen atoms in total. The average molecular weight is 552 g/mol. The summed E-state index contributed by atoms with van der Waals surface area (Å²) < 4.78 is 5.13. The summed E-state index contributed by atoms with van der Waals surface area (Å²) in [5.74, 6) is -3.86. The van der Waals surface area contributed by atoms with E-state index in [1.807, 2.05) is 0 Å². The number of thiazole rings is 1. The molecule has 8 N–H and O–H groups in total. The Kier molecular flexibility index (Phi) is 8.64. The van der Waals surface area contributed by atoms with Crippen LogP contribution in [0.25, 0.3) is 0 Å². The van der Waals surface area contributed by atoms with Crippen LogP contribution >= 0.6 is 11.3 Å². The number of carbonyl (C=O) groups is 4. The molecule has 17 heteroatoms. The molecular formula is C21H25N7O9S. The van der Waals surface area contributed by atoms with Gasteiger partial charge in [0.1, 0.15) is 18.3 Å². The second-order valence-electron chi connectivity index (χ2n) is 8.48. The molecule has 0 radical (unpaired) electrons. The standard InChI is InChI=1S/C21H25N7O9S/c1-21(2,19(34)35)37-28-16(11-8-38-20(22)26-11)18(33)27-15-10(25-17(15)32)7-36-14(31)6-23-4-9-3-12(29)13(30)5-24-9/h3,5,8,10,15,23,30H,4,6-7H2,1-2H3,(H2,22,26)(H,24,29)(H,25,32)(H,27,33)(H,34,35). The van der Waals surface area contributed by atoms with Gasteiger partial charge < -0.3 is 46.5 Å². The summed E-state index contributed by atoms with van der Waals surface area (Å²) in [5.41, 5.74) is 3.33. The van der Waals surface area contributed by atoms with Gasteiger partial charge in [0.2, 0.25) is 16.9 Å². The van der Waals surface area contributed by atoms with Crippen LogP contribution in [0.3, 0.4) is 0 Å². The molecule has 2 atom stereocenters. The van der Waals surface area contributed by atoms with Crippen LogP contribution in [0, 0.1) is 0 Å². The maximum atomic E-state index is 12.9. The Morgan fingerprint density at radius 1 is 1.32 bits per heavy atom. The number of β-lactam (4-membered cyclic amide) rings is 1. The lowest BCUT2D eigenvalue weighted by molar-refractivity contribution is -0.161. The van der Waals surface area contributed by atoms with E-state index in [9.17, 15) is 34.2 Å². The van der Waals surface area contributed by atoms with Crippen LogP contribution in [0.2, 0.25) is 0 Å². The number of nitrogens with one attached hydrogen (secondary N) is 4. The number of ether oxygens (including phenoxy) is 1. The van der Waals surface area contributed by atoms with Gasteiger partial charge in [-0.05, 0) is 13.8 Å². The number of nitrogens with two attached hydrogens (primary N) is 1. The maximum Gasteiger partial charge on any atom is 0.350 e. The molecule has 204 valence electrons. The smallest absolute Gasteiger partial charge is 0.350 e. The number of pyridine rings is 1. The van der Waals surface area contributed by atoms with Crippen molar-refractivity contribution >= 4 is 45.9 Å². The van der Waals surface area contributed by atoms with Gasteiger partial charge in [0.05, 0.1) is 12.6 Å². The van der Waals surface area contributed by atoms with Crippen molar-refractivity contribution in [2.24, 2.45) is 5.16 Å². The van der Waals surface area contributed by atoms with E-state index in [-0.39, 0.29) is 30.5 Å². The molecule has 3 heterocycles. The number of carboxylic acid groups (broad SMARTS) is 1. The summed E-state index contributed by atoms with van der Waals surface area (Å²) in [6.07, 6.45) is 1.13. The number of carbonyl (C=O) groups excluding carboxylic acids is 3. The van der Waals surface area contributed by atoms with Crippen LogP contribution in [0.4, 0.5) is 5.13 Å². The van der Waals surface area contributed by atoms with Crippen LogP contribution in [0.1, 0.15) is 25.2 Å². The molecule has 0 aliphatic carbocycles. The molecule has 0 spiro atoms. The molecule has 1 fully saturated rings. The fraction of sp³-hybridized carbons (Fsp3) is 0.381. The first-order valence-electron chi connectivity index (χ1n) is 11.0. The van der Waals surface area contributed by atoms with Crippen molar-refractivity contribution in [3.05, 3.63) is 39.3 Å². The van der Waals surface area contributed by atoms with Gasteiger partial charge in [-0.25, -0.2) is 9.78 Å². The predicted molar refractivity (Wildman–Crippen MR) is 131 cm³/mol. The summed E-state index contributed by atoms with van der Waals surface area (Å²) in [4.78, 5) is 71.4. The molecule has 3 rings (SSSR count). The molecule has 1 aliphatic heterocycles. The number of nitrogens with zero attached hydrogens (tertiary/aromatic N) is 2. The van der Waals surface area contributed by atoms with Crippen molar-refractivity contribution in [3.63, 3.8) is 0 Å². The number of amides is 2. The Bertz CT molecular complexity index is 1320. The van der Waals surface area contributed by atoms with Crippen molar-refractivity contribution < 1.29 is 39.0 Å². The second kappa shape index (κ2) is 11.7. The summed E-state index contributed by atoms with van der Waals surface area (Å²) in [6, 6.07) is -0.656. The molecule has 2 aromatic rings. The molecule has 2 aromatic heterocycles. The fourth-order valence-corrected chi connectivity index (χ4v) is 3.44. The summed E-state index contributed by atoms with van der Waals surface area (Å²) >= 11 is 1.01. The Morgan fingerprint density at radius 2 is 2.05 bits per heavy atom. The van der Waals surface area contributed by atoms with E-state index in [2.05, 4.69) is 31.1 Å². The number of esters is 1. The summed E-state index contributed by atoms with van der Waals surface area (Å²) in [5, 5.41) is 31.3. The zero-order valence-electron chi connectivity index (χ0n) is 20.1. The minimum absolute atomic E-state index is 0.00921. The highest BCUT2D eigenvalue weighted by atomic mass is 32.1. The molecule has 2 unspecified atom stereocenters. The van der Waals surface area contributed by atoms with Gasteiger partial charge >= 0.3 is 11.9 Å². The van der Waals surface area contributed by atoms with Gasteiger partial charge in [-0.2, -0.15) is 0 Å². The predicted octanol–water partition coefficient (Wildman–Crippen LogP) is -1.98. The number of rotatable bonds is 12. The lowest BCUT2D eigenvalue weighted by Gasteiger charge is -2.36. The number of nitrogen functional groups attached to an aromatic ring is 1. The number of anilines is 1. The molecule has 0 saturated carbocycles. The fourth-order valence-electron chi connectivity index (χ4n) is 2.90. The zero-order chi connectivity index (χ0) is 28.0. The third-order valence-electron chi connectivity index (χ3n) is 5.12. The van der Waals surface area contributed by atoms with E-state index in [0.717, 1.165) is 17.5 Å². The first-order valence-corrected chi connectivity index (χ1v) is 11.8. The SMILES string of the molecule is CC(C)(ON=C(C(=O)NC1C(=O)NC1COC(=O)CNCc1cc(=O)c(O)c[nH]1)c1csc(N)n1)C(=O)O. The number of aliphatic carboxylic acids is 1. The number of aromatic hydroxyl groups is 1. The van der Waals surface area contributed by atoms with E-state index >= 15 is 0 Å². The monoisotopic (exact) mass is 551 g/mol. The highest BCUT2D eigenvalue weighted by Crippen LogP contribution is 2.16. The number of hydrogen-bond acceptors (Lipinski definition) is 13. The summed E-state index contributed by atoms with van der Waals surface area (Å²) in [7, 11) is 0. The summed E-state index contributed by atoms with van der Waals surface area (Å²) in [6.45, 7) is 2.09. The number of aromatic nitrogens is 2. The van der Waals surface area contributed by atoms with Crippen molar-refractivity contribution in [2.75, 3.05) is 18.9 Å². The van der Waals surface area contributed by atoms with Gasteiger partial charge in [0.25, 0.3) is 5.91 Å². The maximum absolute atomic E-state index is 12.9. The Hall–Kier alpha value is -4.51. The van der Waals surface area contributed by atoms with Gasteiger partial charge in [-0.1, -0.05) is 5.16 Å². The Labute approximate surface area is 218 Å². The molecule has 1 saturated heterocycles. The highest BCUT2D eigenvalue weighted by Gasteiger charge is 2.42. The molecule has 38 heavy (non-hydrogen) atoms. The zero-order valence-corrected chi connectivity index (χ0v) is 21.0. The lowest BCUT2D eigenvalue weighted by atomic mass is 9.99. The molecule has 0 aromatic carbocycles. The van der Waals surface area contributed by atoms with Crippen LogP contribution in [-0.2, 0) is 35.3 Å². The largest absolute Gasteiger partial charge is 0.503 e. The number of aromatic amines is 1. The molecular weight excluding hydrogens is 526 g/mol. The Balaban J connectivity index is 1.55. The number of H-pyrrole nitrogens is 1. The minimum Gasteiger partial charge on any atom is -0.503 e. The van der Waals surface area contributed by atoms with Crippen LogP contribution in [-0.4, -0.2) is 80.5 Å². The number of carboxylic acids is 1. The van der Waals surface area contributed by atoms with Crippen molar-refractivity contribution in [1.82, 2.24) is 25.9 Å². The van der Waals surface area contributed by atoms with E-state index in [4.69, 9.17) is 15.3 Å². The van der Waals surface area contributed by atoms with Crippen LogP contribution in [0.5, 0.6) is 5.75 Å². The second-order valence-corrected chi connectivity index (χ2v) is 9.37. The van der Waals surface area contributed by atoms with Crippen molar-refractivity contribution in [2.45, 2.75) is 38.1 Å². The first kappa shape index (κ1) is 28.1. The van der Waals surface area contributed by atoms with E-state index in [0.29, 0.717) is 5.69 Å². The third kappa shape index (κ3) is 7.04. The van der Waals surface area contributed by atoms with Crippen molar-refractivity contribution in [1.29, 1.82) is 0 Å². The number of oxime groups is 1. The van der Waals surface area contributed by atoms with Gasteiger partial charge in [0, 0.05) is 29.9 Å². The average Bonchev–Trinajstić information content (AvgIpc) is 3.28. The van der Waals surface area contributed by atoms with Crippen LogP contribution in [0.15, 0.2) is 27.6 Å².